The lowest BCUT2D eigenvalue weighted by Gasteiger charge is -2.20. The molecule has 0 aliphatic heterocycles. The first kappa shape index (κ1) is 19.3. The fourth-order valence-corrected chi connectivity index (χ4v) is 2.96. The lowest BCUT2D eigenvalue weighted by molar-refractivity contribution is -0.383. The Labute approximate surface area is 163 Å². The van der Waals surface area contributed by atoms with Crippen molar-refractivity contribution in [3.63, 3.8) is 0 Å². The van der Waals surface area contributed by atoms with Crippen molar-refractivity contribution >= 4 is 17.3 Å². The monoisotopic (exact) mass is 375 g/mol. The van der Waals surface area contributed by atoms with Gasteiger partial charge in [-0.15, -0.1) is 0 Å². The number of benzene rings is 3. The Morgan fingerprint density at radius 2 is 1.54 bits per heavy atom. The molecule has 3 aromatic rings. The summed E-state index contributed by atoms with van der Waals surface area (Å²) in [6.45, 7) is 2.04. The molecule has 0 bridgehead atoms. The number of hydrogen-bond donors (Lipinski definition) is 2. The molecule has 2 N–H and O–H groups in total. The van der Waals surface area contributed by atoms with Crippen LogP contribution in [0.5, 0.6) is 0 Å². The van der Waals surface area contributed by atoms with E-state index in [1.165, 1.54) is 12.1 Å². The number of carbonyl (C=O) groups is 1. The van der Waals surface area contributed by atoms with Crippen LogP contribution in [-0.4, -0.2) is 17.4 Å². The molecule has 142 valence electrons. The van der Waals surface area contributed by atoms with Crippen LogP contribution < -0.4 is 10.6 Å². The number of nitrogens with one attached hydrogen (secondary N) is 2. The summed E-state index contributed by atoms with van der Waals surface area (Å²) < 4.78 is 0. The van der Waals surface area contributed by atoms with Gasteiger partial charge >= 0.3 is 0 Å². The fraction of sp³-hybridized carbons (Fsp3) is 0.136. The van der Waals surface area contributed by atoms with Gasteiger partial charge in [-0.2, -0.15) is 0 Å². The normalized spacial score (nSPS) is 11.6. The van der Waals surface area contributed by atoms with Gasteiger partial charge in [0.25, 0.3) is 5.69 Å². The van der Waals surface area contributed by atoms with Gasteiger partial charge in [0.05, 0.1) is 17.5 Å². The van der Waals surface area contributed by atoms with Crippen LogP contribution in [0.25, 0.3) is 0 Å². The second-order valence-corrected chi connectivity index (χ2v) is 6.46. The molecule has 3 rings (SSSR count). The van der Waals surface area contributed by atoms with Crippen molar-refractivity contribution in [1.29, 1.82) is 0 Å². The van der Waals surface area contributed by atoms with E-state index >= 15 is 0 Å². The van der Waals surface area contributed by atoms with Crippen molar-refractivity contribution in [3.8, 4) is 0 Å². The number of nitro groups is 1. The van der Waals surface area contributed by atoms with Crippen molar-refractivity contribution in [1.82, 2.24) is 5.32 Å². The van der Waals surface area contributed by atoms with Crippen LogP contribution in [0.4, 0.5) is 11.4 Å². The molecule has 0 heterocycles. The van der Waals surface area contributed by atoms with E-state index in [2.05, 4.69) is 10.6 Å². The molecule has 6 nitrogen and oxygen atoms in total. The zero-order chi connectivity index (χ0) is 19.9. The third-order valence-corrected chi connectivity index (χ3v) is 4.39. The van der Waals surface area contributed by atoms with Crippen LogP contribution in [0, 0.1) is 17.0 Å². The van der Waals surface area contributed by atoms with Crippen molar-refractivity contribution in [2.45, 2.75) is 13.0 Å². The number of amides is 1. The van der Waals surface area contributed by atoms with Crippen LogP contribution >= 0.6 is 0 Å². The van der Waals surface area contributed by atoms with Gasteiger partial charge in [-0.05, 0) is 24.1 Å². The number of rotatable bonds is 7. The van der Waals surface area contributed by atoms with Crippen LogP contribution in [0.15, 0.2) is 78.9 Å². The van der Waals surface area contributed by atoms with E-state index in [-0.39, 0.29) is 29.9 Å². The summed E-state index contributed by atoms with van der Waals surface area (Å²) in [5.74, 6) is -0.345. The van der Waals surface area contributed by atoms with Crippen molar-refractivity contribution in [2.24, 2.45) is 0 Å². The maximum absolute atomic E-state index is 12.4. The van der Waals surface area contributed by atoms with Crippen molar-refractivity contribution in [3.05, 3.63) is 106 Å². The van der Waals surface area contributed by atoms with Crippen molar-refractivity contribution in [2.75, 3.05) is 11.9 Å². The van der Waals surface area contributed by atoms with E-state index in [9.17, 15) is 14.9 Å². The minimum Gasteiger partial charge on any atom is -0.319 e. The molecular weight excluding hydrogens is 354 g/mol. The summed E-state index contributed by atoms with van der Waals surface area (Å²) in [7, 11) is 0. The number of nitro benzene ring substituents is 1. The number of para-hydroxylation sites is 2. The fourth-order valence-electron chi connectivity index (χ4n) is 2.96. The molecule has 1 amide bonds. The molecular formula is C22H21N3O3. The van der Waals surface area contributed by atoms with Gasteiger partial charge in [0.2, 0.25) is 5.91 Å². The molecule has 0 aliphatic rings. The average molecular weight is 375 g/mol. The lowest BCUT2D eigenvalue weighted by Crippen LogP contribution is -2.32. The van der Waals surface area contributed by atoms with Crippen molar-refractivity contribution < 1.29 is 9.72 Å². The van der Waals surface area contributed by atoms with E-state index in [1.54, 1.807) is 12.1 Å². The van der Waals surface area contributed by atoms with E-state index in [4.69, 9.17) is 0 Å². The molecule has 0 saturated carbocycles. The smallest absolute Gasteiger partial charge is 0.292 e. The summed E-state index contributed by atoms with van der Waals surface area (Å²) in [6, 6.07) is 23.9. The highest BCUT2D eigenvalue weighted by Crippen LogP contribution is 2.24. The molecule has 0 aliphatic carbocycles. The molecule has 0 spiro atoms. The van der Waals surface area contributed by atoms with E-state index in [0.717, 1.165) is 16.7 Å². The van der Waals surface area contributed by atoms with Crippen LogP contribution in [-0.2, 0) is 4.79 Å². The Kier molecular flexibility index (Phi) is 6.14. The Morgan fingerprint density at radius 1 is 0.929 bits per heavy atom. The highest BCUT2D eigenvalue weighted by Gasteiger charge is 2.17. The highest BCUT2D eigenvalue weighted by atomic mass is 16.6. The van der Waals surface area contributed by atoms with Gasteiger partial charge in [0.15, 0.2) is 0 Å². The van der Waals surface area contributed by atoms with Crippen LogP contribution in [0.1, 0.15) is 22.7 Å². The summed E-state index contributed by atoms with van der Waals surface area (Å²) in [5, 5.41) is 17.0. The largest absolute Gasteiger partial charge is 0.319 e. The first-order valence-electron chi connectivity index (χ1n) is 8.93. The maximum Gasteiger partial charge on any atom is 0.292 e. The van der Waals surface area contributed by atoms with Gasteiger partial charge in [0.1, 0.15) is 5.69 Å². The molecule has 28 heavy (non-hydrogen) atoms. The third kappa shape index (κ3) is 4.81. The number of nitrogens with zero attached hydrogens (tertiary/aromatic N) is 1. The molecule has 0 unspecified atom stereocenters. The van der Waals surface area contributed by atoms with E-state index < -0.39 is 4.92 Å². The summed E-state index contributed by atoms with van der Waals surface area (Å²) in [4.78, 5) is 23.0. The summed E-state index contributed by atoms with van der Waals surface area (Å²) in [6.07, 6.45) is 0. The number of carbonyl (C=O) groups excluding carboxylic acids is 1. The Morgan fingerprint density at radius 3 is 2.21 bits per heavy atom. The molecule has 0 radical (unpaired) electrons. The van der Waals surface area contributed by atoms with Gasteiger partial charge in [0, 0.05) is 6.07 Å². The topological polar surface area (TPSA) is 84.3 Å². The van der Waals surface area contributed by atoms with Gasteiger partial charge in [-0.3, -0.25) is 20.2 Å². The standard InChI is InChI=1S/C22H21N3O3/c1-16-11-13-18(14-12-16)22(17-7-3-2-4-8-17)23-15-21(26)24-19-9-5-6-10-20(19)25(27)28/h2-14,22-23H,15H2,1H3,(H,24,26)/t22-/m0/s1. The second-order valence-electron chi connectivity index (χ2n) is 6.46. The van der Waals surface area contributed by atoms with Crippen LogP contribution in [0.2, 0.25) is 0 Å². The number of hydrogen-bond acceptors (Lipinski definition) is 4. The minimum atomic E-state index is -0.512. The van der Waals surface area contributed by atoms with Gasteiger partial charge < -0.3 is 5.32 Å². The Balaban J connectivity index is 1.74. The predicted molar refractivity (Wildman–Crippen MR) is 109 cm³/mol. The zero-order valence-electron chi connectivity index (χ0n) is 15.5. The van der Waals surface area contributed by atoms with E-state index in [1.807, 2.05) is 61.5 Å². The number of anilines is 1. The highest BCUT2D eigenvalue weighted by molar-refractivity contribution is 5.94. The lowest BCUT2D eigenvalue weighted by atomic mass is 9.98. The first-order chi connectivity index (χ1) is 13.5. The van der Waals surface area contributed by atoms with Gasteiger partial charge in [-0.1, -0.05) is 72.3 Å². The third-order valence-electron chi connectivity index (χ3n) is 4.39. The predicted octanol–water partition coefficient (Wildman–Crippen LogP) is 4.22. The Bertz CT molecular complexity index is 956. The second kappa shape index (κ2) is 8.92. The molecule has 6 heteroatoms. The summed E-state index contributed by atoms with van der Waals surface area (Å²) >= 11 is 0. The van der Waals surface area contributed by atoms with Gasteiger partial charge in [-0.25, -0.2) is 0 Å². The van der Waals surface area contributed by atoms with Crippen LogP contribution in [0.3, 0.4) is 0 Å². The molecule has 1 atom stereocenters. The maximum atomic E-state index is 12.4. The molecule has 0 fully saturated rings. The molecule has 3 aromatic carbocycles. The Hall–Kier alpha value is -3.51. The molecule has 0 saturated heterocycles. The minimum absolute atomic E-state index is 0.0134. The molecule has 0 aromatic heterocycles. The van der Waals surface area contributed by atoms with E-state index in [0.29, 0.717) is 0 Å². The number of aryl methyl sites for hydroxylation is 1. The first-order valence-corrected chi connectivity index (χ1v) is 8.93. The average Bonchev–Trinajstić information content (AvgIpc) is 2.70. The zero-order valence-corrected chi connectivity index (χ0v) is 15.5. The SMILES string of the molecule is Cc1ccc([C@@H](NCC(=O)Nc2ccccc2[N+](=O)[O-])c2ccccc2)cc1. The quantitative estimate of drug-likeness (QED) is 0.478. The summed E-state index contributed by atoms with van der Waals surface area (Å²) in [5.41, 5.74) is 3.28.